The van der Waals surface area contributed by atoms with Gasteiger partial charge in [-0.3, -0.25) is 19.6 Å². The molecule has 0 radical (unpaired) electrons. The van der Waals surface area contributed by atoms with Gasteiger partial charge in [0, 0.05) is 68.4 Å². The van der Waals surface area contributed by atoms with Gasteiger partial charge >= 0.3 is 0 Å². The highest BCUT2D eigenvalue weighted by atomic mass is 16.5. The van der Waals surface area contributed by atoms with Gasteiger partial charge in [0.2, 0.25) is 0 Å². The second-order valence-corrected chi connectivity index (χ2v) is 7.91. The zero-order valence-corrected chi connectivity index (χ0v) is 16.8. The highest BCUT2D eigenvalue weighted by Crippen LogP contribution is 2.22. The zero-order valence-electron chi connectivity index (χ0n) is 16.8. The summed E-state index contributed by atoms with van der Waals surface area (Å²) in [5.41, 5.74) is 3.54. The van der Waals surface area contributed by atoms with Crippen LogP contribution in [0.4, 0.5) is 0 Å². The van der Waals surface area contributed by atoms with Crippen LogP contribution in [-0.4, -0.2) is 70.2 Å². The van der Waals surface area contributed by atoms with Crippen LogP contribution in [0.1, 0.15) is 5.56 Å². The first-order chi connectivity index (χ1) is 14.7. The minimum absolute atomic E-state index is 0.161. The van der Waals surface area contributed by atoms with E-state index in [0.717, 1.165) is 57.1 Å². The van der Waals surface area contributed by atoms with E-state index in [1.54, 1.807) is 12.4 Å². The Kier molecular flexibility index (Phi) is 5.40. The van der Waals surface area contributed by atoms with Crippen molar-refractivity contribution in [3.8, 4) is 22.6 Å². The fourth-order valence-electron chi connectivity index (χ4n) is 4.14. The quantitative estimate of drug-likeness (QED) is 0.703. The number of aromatic nitrogens is 3. The molecule has 0 atom stereocenters. The number of likely N-dealkylation sites (tertiary alicyclic amines) is 1. The van der Waals surface area contributed by atoms with Gasteiger partial charge in [-0.05, 0) is 17.7 Å². The molecular formula is C23H25N5O2. The highest BCUT2D eigenvalue weighted by molar-refractivity contribution is 5.63. The van der Waals surface area contributed by atoms with Crippen LogP contribution in [0.5, 0.6) is 0 Å². The van der Waals surface area contributed by atoms with Crippen LogP contribution in [0.15, 0.2) is 59.7 Å². The summed E-state index contributed by atoms with van der Waals surface area (Å²) in [5.74, 6) is 0.581. The van der Waals surface area contributed by atoms with E-state index in [9.17, 15) is 4.79 Å². The summed E-state index contributed by atoms with van der Waals surface area (Å²) >= 11 is 0. The maximum atomic E-state index is 12.1. The van der Waals surface area contributed by atoms with E-state index in [1.165, 1.54) is 11.6 Å². The lowest BCUT2D eigenvalue weighted by Gasteiger charge is -2.46. The lowest BCUT2D eigenvalue weighted by molar-refractivity contribution is -0.0344. The predicted octanol–water partition coefficient (Wildman–Crippen LogP) is 2.02. The Balaban J connectivity index is 1.25. The lowest BCUT2D eigenvalue weighted by atomic mass is 10.0. The SMILES string of the molecule is O=c1cc(-c2ccncc2)nc(-c2ccc(CN3CC(N4CCOCC4)C3)cc2)[nH]1. The van der Waals surface area contributed by atoms with Gasteiger partial charge in [-0.25, -0.2) is 4.98 Å². The number of aromatic amines is 1. The number of rotatable bonds is 5. The van der Waals surface area contributed by atoms with Crippen molar-refractivity contribution in [1.29, 1.82) is 0 Å². The Labute approximate surface area is 175 Å². The van der Waals surface area contributed by atoms with Crippen LogP contribution in [0.25, 0.3) is 22.6 Å². The molecule has 0 unspecified atom stereocenters. The molecule has 1 aromatic carbocycles. The molecule has 3 aromatic rings. The van der Waals surface area contributed by atoms with Crippen LogP contribution in [0, 0.1) is 0 Å². The molecule has 4 heterocycles. The van der Waals surface area contributed by atoms with Crippen LogP contribution in [-0.2, 0) is 11.3 Å². The zero-order chi connectivity index (χ0) is 20.3. The Morgan fingerprint density at radius 3 is 2.47 bits per heavy atom. The fraction of sp³-hybridized carbons (Fsp3) is 0.348. The Bertz CT molecular complexity index is 1040. The van der Waals surface area contributed by atoms with Gasteiger partial charge in [0.25, 0.3) is 5.56 Å². The number of hydrogen-bond acceptors (Lipinski definition) is 6. The van der Waals surface area contributed by atoms with Gasteiger partial charge in [0.05, 0.1) is 18.9 Å². The van der Waals surface area contributed by atoms with Crippen LogP contribution in [0.2, 0.25) is 0 Å². The fourth-order valence-corrected chi connectivity index (χ4v) is 4.14. The van der Waals surface area contributed by atoms with Gasteiger partial charge in [-0.2, -0.15) is 0 Å². The van der Waals surface area contributed by atoms with Gasteiger partial charge < -0.3 is 9.72 Å². The first-order valence-corrected chi connectivity index (χ1v) is 10.4. The molecule has 0 amide bonds. The second-order valence-electron chi connectivity index (χ2n) is 7.91. The average Bonchev–Trinajstić information content (AvgIpc) is 2.77. The van der Waals surface area contributed by atoms with Gasteiger partial charge in [0.1, 0.15) is 5.82 Å². The number of pyridine rings is 1. The molecule has 2 fully saturated rings. The van der Waals surface area contributed by atoms with Crippen molar-refractivity contribution < 1.29 is 4.74 Å². The number of morpholine rings is 1. The van der Waals surface area contributed by atoms with Crippen LogP contribution < -0.4 is 5.56 Å². The molecule has 0 spiro atoms. The molecule has 2 aliphatic rings. The van der Waals surface area contributed by atoms with Crippen LogP contribution >= 0.6 is 0 Å². The second kappa shape index (κ2) is 8.47. The third-order valence-corrected chi connectivity index (χ3v) is 5.85. The Morgan fingerprint density at radius 1 is 1.00 bits per heavy atom. The number of nitrogens with one attached hydrogen (secondary N) is 1. The van der Waals surface area contributed by atoms with E-state index >= 15 is 0 Å². The lowest BCUT2D eigenvalue weighted by Crippen LogP contribution is -2.60. The van der Waals surface area contributed by atoms with Crippen molar-refractivity contribution >= 4 is 0 Å². The summed E-state index contributed by atoms with van der Waals surface area (Å²) in [5, 5.41) is 0. The molecule has 7 heteroatoms. The minimum Gasteiger partial charge on any atom is -0.379 e. The first-order valence-electron chi connectivity index (χ1n) is 10.4. The maximum absolute atomic E-state index is 12.1. The van der Waals surface area contributed by atoms with Crippen LogP contribution in [0.3, 0.4) is 0 Å². The standard InChI is InChI=1S/C23H25N5O2/c29-22-13-21(18-5-7-24-8-6-18)25-23(26-22)19-3-1-17(2-4-19)14-27-15-20(16-27)28-9-11-30-12-10-28/h1-8,13,20H,9-12,14-16H2,(H,25,26,29). The Hall–Kier alpha value is -2.87. The van der Waals surface area contributed by atoms with E-state index in [-0.39, 0.29) is 5.56 Å². The molecule has 0 aliphatic carbocycles. The van der Waals surface area contributed by atoms with E-state index in [4.69, 9.17) is 4.74 Å². The molecular weight excluding hydrogens is 378 g/mol. The summed E-state index contributed by atoms with van der Waals surface area (Å²) < 4.78 is 5.44. The number of H-pyrrole nitrogens is 1. The van der Waals surface area contributed by atoms with Crippen molar-refractivity contribution in [3.05, 3.63) is 70.8 Å². The summed E-state index contributed by atoms with van der Waals surface area (Å²) in [6, 6.07) is 14.2. The van der Waals surface area contributed by atoms with Gasteiger partial charge in [0.15, 0.2) is 0 Å². The van der Waals surface area contributed by atoms with E-state index < -0.39 is 0 Å². The van der Waals surface area contributed by atoms with E-state index in [1.807, 2.05) is 24.3 Å². The predicted molar refractivity (Wildman–Crippen MR) is 115 cm³/mol. The Morgan fingerprint density at radius 2 is 1.73 bits per heavy atom. The third kappa shape index (κ3) is 4.18. The van der Waals surface area contributed by atoms with Crippen molar-refractivity contribution in [3.63, 3.8) is 0 Å². The summed E-state index contributed by atoms with van der Waals surface area (Å²) in [6.45, 7) is 7.00. The monoisotopic (exact) mass is 403 g/mol. The summed E-state index contributed by atoms with van der Waals surface area (Å²) in [6.07, 6.45) is 3.40. The molecule has 30 heavy (non-hydrogen) atoms. The van der Waals surface area contributed by atoms with Crippen molar-refractivity contribution in [2.24, 2.45) is 0 Å². The molecule has 1 N–H and O–H groups in total. The number of nitrogens with zero attached hydrogens (tertiary/aromatic N) is 4. The molecule has 7 nitrogen and oxygen atoms in total. The van der Waals surface area contributed by atoms with E-state index in [2.05, 4.69) is 36.9 Å². The normalized spacial score (nSPS) is 18.3. The number of benzene rings is 1. The summed E-state index contributed by atoms with van der Waals surface area (Å²) in [7, 11) is 0. The highest BCUT2D eigenvalue weighted by Gasteiger charge is 2.32. The van der Waals surface area contributed by atoms with Crippen molar-refractivity contribution in [1.82, 2.24) is 24.8 Å². The van der Waals surface area contributed by atoms with Gasteiger partial charge in [-0.1, -0.05) is 24.3 Å². The molecule has 2 aromatic heterocycles. The molecule has 0 saturated carbocycles. The smallest absolute Gasteiger partial charge is 0.251 e. The third-order valence-electron chi connectivity index (χ3n) is 5.85. The minimum atomic E-state index is -0.161. The first kappa shape index (κ1) is 19.1. The topological polar surface area (TPSA) is 74.3 Å². The molecule has 154 valence electrons. The molecule has 2 aliphatic heterocycles. The van der Waals surface area contributed by atoms with Gasteiger partial charge in [-0.15, -0.1) is 0 Å². The number of hydrogen-bond donors (Lipinski definition) is 1. The maximum Gasteiger partial charge on any atom is 0.251 e. The van der Waals surface area contributed by atoms with E-state index in [0.29, 0.717) is 17.6 Å². The molecule has 0 bridgehead atoms. The summed E-state index contributed by atoms with van der Waals surface area (Å²) in [4.78, 5) is 28.7. The average molecular weight is 403 g/mol. The number of ether oxygens (including phenoxy) is 1. The van der Waals surface area contributed by atoms with Crippen molar-refractivity contribution in [2.75, 3.05) is 39.4 Å². The molecule has 2 saturated heterocycles. The van der Waals surface area contributed by atoms with Crippen molar-refractivity contribution in [2.45, 2.75) is 12.6 Å². The largest absolute Gasteiger partial charge is 0.379 e. The molecule has 5 rings (SSSR count).